The van der Waals surface area contributed by atoms with Crippen LogP contribution in [-0.4, -0.2) is 15.7 Å². The number of halogens is 2. The molecule has 0 fully saturated rings. The van der Waals surface area contributed by atoms with Crippen LogP contribution < -0.4 is 10.1 Å². The van der Waals surface area contributed by atoms with E-state index in [0.29, 0.717) is 29.3 Å². The van der Waals surface area contributed by atoms with Gasteiger partial charge in [0.1, 0.15) is 23.3 Å². The van der Waals surface area contributed by atoms with Crippen molar-refractivity contribution in [3.8, 4) is 5.75 Å². The first-order chi connectivity index (χ1) is 12.4. The molecule has 0 spiro atoms. The SMILES string of the molecule is Cc1nn(C)c(Cl)c1C(=O)Nc1cccc(OCc2ccc(F)cc2)c1. The van der Waals surface area contributed by atoms with Gasteiger partial charge in [-0.25, -0.2) is 4.39 Å². The number of carbonyl (C=O) groups excluding carboxylic acids is 1. The molecule has 3 aromatic rings. The van der Waals surface area contributed by atoms with Crippen molar-refractivity contribution in [3.05, 3.63) is 76.3 Å². The summed E-state index contributed by atoms with van der Waals surface area (Å²) in [4.78, 5) is 12.5. The van der Waals surface area contributed by atoms with Crippen LogP contribution in [0.2, 0.25) is 5.15 Å². The Bertz CT molecular complexity index is 938. The fourth-order valence-corrected chi connectivity index (χ4v) is 2.75. The first-order valence-corrected chi connectivity index (χ1v) is 8.29. The first-order valence-electron chi connectivity index (χ1n) is 7.92. The number of nitrogens with one attached hydrogen (secondary N) is 1. The molecule has 0 atom stereocenters. The van der Waals surface area contributed by atoms with Gasteiger partial charge in [-0.15, -0.1) is 0 Å². The molecule has 2 aromatic carbocycles. The lowest BCUT2D eigenvalue weighted by atomic mass is 10.2. The Morgan fingerprint density at radius 1 is 1.27 bits per heavy atom. The van der Waals surface area contributed by atoms with Gasteiger partial charge in [-0.05, 0) is 36.8 Å². The summed E-state index contributed by atoms with van der Waals surface area (Å²) in [5.74, 6) is -0.0415. The quantitative estimate of drug-likeness (QED) is 0.723. The normalized spacial score (nSPS) is 10.6. The van der Waals surface area contributed by atoms with E-state index in [1.54, 1.807) is 50.4 Å². The predicted octanol–water partition coefficient (Wildman–Crippen LogP) is 4.35. The third-order valence-corrected chi connectivity index (χ3v) is 4.22. The molecule has 3 rings (SSSR count). The van der Waals surface area contributed by atoms with Gasteiger partial charge in [0.25, 0.3) is 5.91 Å². The van der Waals surface area contributed by atoms with Gasteiger partial charge in [0, 0.05) is 18.8 Å². The third-order valence-electron chi connectivity index (χ3n) is 3.79. The van der Waals surface area contributed by atoms with Crippen molar-refractivity contribution in [2.45, 2.75) is 13.5 Å². The molecule has 1 aromatic heterocycles. The fourth-order valence-electron chi connectivity index (χ4n) is 2.49. The lowest BCUT2D eigenvalue weighted by molar-refractivity contribution is 0.102. The Morgan fingerprint density at radius 3 is 2.65 bits per heavy atom. The molecule has 0 radical (unpaired) electrons. The Morgan fingerprint density at radius 2 is 2.00 bits per heavy atom. The number of ether oxygens (including phenoxy) is 1. The van der Waals surface area contributed by atoms with Crippen molar-refractivity contribution in [1.82, 2.24) is 9.78 Å². The van der Waals surface area contributed by atoms with Crippen LogP contribution in [0.4, 0.5) is 10.1 Å². The van der Waals surface area contributed by atoms with E-state index in [-0.39, 0.29) is 16.9 Å². The van der Waals surface area contributed by atoms with Crippen molar-refractivity contribution >= 4 is 23.2 Å². The molecule has 0 saturated heterocycles. The average molecular weight is 374 g/mol. The molecule has 1 N–H and O–H groups in total. The number of amides is 1. The summed E-state index contributed by atoms with van der Waals surface area (Å²) in [7, 11) is 1.68. The largest absolute Gasteiger partial charge is 0.489 e. The number of aryl methyl sites for hydroxylation is 2. The van der Waals surface area contributed by atoms with Crippen molar-refractivity contribution in [3.63, 3.8) is 0 Å². The van der Waals surface area contributed by atoms with E-state index in [1.165, 1.54) is 16.8 Å². The second-order valence-corrected chi connectivity index (χ2v) is 6.13. The molecule has 26 heavy (non-hydrogen) atoms. The zero-order valence-electron chi connectivity index (χ0n) is 14.3. The lowest BCUT2D eigenvalue weighted by Gasteiger charge is -2.09. The lowest BCUT2D eigenvalue weighted by Crippen LogP contribution is -2.13. The van der Waals surface area contributed by atoms with E-state index in [0.717, 1.165) is 5.56 Å². The Labute approximate surface area is 155 Å². The van der Waals surface area contributed by atoms with Crippen LogP contribution in [0.3, 0.4) is 0 Å². The van der Waals surface area contributed by atoms with Gasteiger partial charge in [0.15, 0.2) is 0 Å². The number of carbonyl (C=O) groups is 1. The predicted molar refractivity (Wildman–Crippen MR) is 98.1 cm³/mol. The molecule has 0 aliphatic carbocycles. The van der Waals surface area contributed by atoms with Crippen LogP contribution in [0.25, 0.3) is 0 Å². The second kappa shape index (κ2) is 7.58. The van der Waals surface area contributed by atoms with Crippen molar-refractivity contribution in [1.29, 1.82) is 0 Å². The molecule has 0 bridgehead atoms. The number of benzene rings is 2. The van der Waals surface area contributed by atoms with E-state index < -0.39 is 0 Å². The Balaban J connectivity index is 1.69. The summed E-state index contributed by atoms with van der Waals surface area (Å²) >= 11 is 6.12. The van der Waals surface area contributed by atoms with Gasteiger partial charge in [-0.2, -0.15) is 5.10 Å². The van der Waals surface area contributed by atoms with E-state index in [4.69, 9.17) is 16.3 Å². The van der Waals surface area contributed by atoms with Crippen molar-refractivity contribution in [2.75, 3.05) is 5.32 Å². The van der Waals surface area contributed by atoms with E-state index >= 15 is 0 Å². The second-order valence-electron chi connectivity index (χ2n) is 5.77. The monoisotopic (exact) mass is 373 g/mol. The number of rotatable bonds is 5. The van der Waals surface area contributed by atoms with Gasteiger partial charge >= 0.3 is 0 Å². The third kappa shape index (κ3) is 4.03. The Hall–Kier alpha value is -2.86. The maximum absolute atomic E-state index is 12.9. The summed E-state index contributed by atoms with van der Waals surface area (Å²) in [5, 5.41) is 7.21. The number of nitrogens with zero attached hydrogens (tertiary/aromatic N) is 2. The maximum atomic E-state index is 12.9. The van der Waals surface area contributed by atoms with E-state index in [1.807, 2.05) is 0 Å². The molecular weight excluding hydrogens is 357 g/mol. The Kier molecular flexibility index (Phi) is 5.23. The standard InChI is InChI=1S/C19H17ClFN3O2/c1-12-17(18(20)24(2)23-12)19(25)22-15-4-3-5-16(10-15)26-11-13-6-8-14(21)9-7-13/h3-10H,11H2,1-2H3,(H,22,25). The topological polar surface area (TPSA) is 56.2 Å². The minimum Gasteiger partial charge on any atom is -0.489 e. The molecule has 0 unspecified atom stereocenters. The zero-order valence-corrected chi connectivity index (χ0v) is 15.0. The van der Waals surface area contributed by atoms with Crippen LogP contribution in [0.5, 0.6) is 5.75 Å². The average Bonchev–Trinajstić information content (AvgIpc) is 2.87. The molecule has 1 amide bonds. The maximum Gasteiger partial charge on any atom is 0.260 e. The van der Waals surface area contributed by atoms with E-state index in [2.05, 4.69) is 10.4 Å². The van der Waals surface area contributed by atoms with Crippen molar-refractivity contribution < 1.29 is 13.9 Å². The smallest absolute Gasteiger partial charge is 0.260 e. The van der Waals surface area contributed by atoms with Gasteiger partial charge < -0.3 is 10.1 Å². The molecule has 0 aliphatic rings. The highest BCUT2D eigenvalue weighted by Gasteiger charge is 2.19. The molecule has 7 heteroatoms. The number of hydrogen-bond acceptors (Lipinski definition) is 3. The van der Waals surface area contributed by atoms with Gasteiger partial charge in [0.05, 0.1) is 11.3 Å². The summed E-state index contributed by atoms with van der Waals surface area (Å²) in [6.45, 7) is 2.02. The minimum atomic E-state index is -0.337. The molecule has 1 heterocycles. The van der Waals surface area contributed by atoms with Gasteiger partial charge in [-0.3, -0.25) is 9.48 Å². The molecular formula is C19H17ClFN3O2. The van der Waals surface area contributed by atoms with Gasteiger partial charge in [0.2, 0.25) is 0 Å². The fraction of sp³-hybridized carbons (Fsp3) is 0.158. The van der Waals surface area contributed by atoms with Crippen LogP contribution in [0.15, 0.2) is 48.5 Å². The number of hydrogen-bond donors (Lipinski definition) is 1. The van der Waals surface area contributed by atoms with Crippen LogP contribution in [0.1, 0.15) is 21.6 Å². The highest BCUT2D eigenvalue weighted by atomic mass is 35.5. The van der Waals surface area contributed by atoms with Crippen LogP contribution in [-0.2, 0) is 13.7 Å². The minimum absolute atomic E-state index is 0.281. The number of anilines is 1. The highest BCUT2D eigenvalue weighted by molar-refractivity contribution is 6.33. The summed E-state index contributed by atoms with van der Waals surface area (Å²) in [6, 6.07) is 13.1. The first kappa shape index (κ1) is 17.9. The zero-order chi connectivity index (χ0) is 18.7. The molecule has 0 aliphatic heterocycles. The highest BCUT2D eigenvalue weighted by Crippen LogP contribution is 2.23. The van der Waals surface area contributed by atoms with Gasteiger partial charge in [-0.1, -0.05) is 29.8 Å². The van der Waals surface area contributed by atoms with Crippen molar-refractivity contribution in [2.24, 2.45) is 7.05 Å². The molecule has 0 saturated carbocycles. The van der Waals surface area contributed by atoms with Crippen LogP contribution in [0, 0.1) is 12.7 Å². The summed E-state index contributed by atoms with van der Waals surface area (Å²) < 4.78 is 20.1. The van der Waals surface area contributed by atoms with Crippen LogP contribution >= 0.6 is 11.6 Å². The summed E-state index contributed by atoms with van der Waals surface area (Å²) in [6.07, 6.45) is 0. The number of aromatic nitrogens is 2. The molecule has 5 nitrogen and oxygen atoms in total. The molecule has 134 valence electrons. The summed E-state index contributed by atoms with van der Waals surface area (Å²) in [5.41, 5.74) is 2.31. The van der Waals surface area contributed by atoms with E-state index in [9.17, 15) is 9.18 Å².